The Morgan fingerprint density at radius 1 is 1.57 bits per heavy atom. The highest BCUT2D eigenvalue weighted by molar-refractivity contribution is 5.78. The van der Waals surface area contributed by atoms with Crippen LogP contribution < -0.4 is 16.0 Å². The lowest BCUT2D eigenvalue weighted by Crippen LogP contribution is -2.29. The molecule has 1 aliphatic rings. The number of para-hydroxylation sites is 1. The second-order valence-corrected chi connectivity index (χ2v) is 5.25. The van der Waals surface area contributed by atoms with Crippen LogP contribution in [0.4, 0.5) is 10.1 Å². The predicted octanol–water partition coefficient (Wildman–Crippen LogP) is 0.873. The van der Waals surface area contributed by atoms with Crippen molar-refractivity contribution in [1.82, 2.24) is 5.32 Å². The maximum atomic E-state index is 14.2. The molecular formula is C15H22FN3O2. The second-order valence-electron chi connectivity index (χ2n) is 5.25. The Bertz CT molecular complexity index is 496. The molecule has 2 rings (SSSR count). The third-order valence-corrected chi connectivity index (χ3v) is 3.78. The summed E-state index contributed by atoms with van der Waals surface area (Å²) in [6, 6.07) is 5.05. The van der Waals surface area contributed by atoms with Gasteiger partial charge >= 0.3 is 0 Å². The third kappa shape index (κ3) is 3.92. The predicted molar refractivity (Wildman–Crippen MR) is 79.5 cm³/mol. The van der Waals surface area contributed by atoms with E-state index >= 15 is 0 Å². The van der Waals surface area contributed by atoms with Crippen LogP contribution >= 0.6 is 0 Å². The normalized spacial score (nSPS) is 18.2. The van der Waals surface area contributed by atoms with Crippen molar-refractivity contribution in [2.45, 2.75) is 13.0 Å². The zero-order chi connectivity index (χ0) is 15.2. The molecule has 21 heavy (non-hydrogen) atoms. The summed E-state index contributed by atoms with van der Waals surface area (Å²) in [6.07, 6.45) is 0.681. The molecule has 1 atom stereocenters. The standard InChI is InChI=1S/C15H22FN3O2/c1-21-8-6-18-9-11-3-2-4-13(16)14(11)19-7-5-12(10-19)15(17)20/h2-4,12,18H,5-10H2,1H3,(H2,17,20). The van der Waals surface area contributed by atoms with Crippen LogP contribution in [0.15, 0.2) is 18.2 Å². The van der Waals surface area contributed by atoms with Gasteiger partial charge in [-0.05, 0) is 18.1 Å². The summed E-state index contributed by atoms with van der Waals surface area (Å²) in [4.78, 5) is 13.2. The fraction of sp³-hybridized carbons (Fsp3) is 0.533. The topological polar surface area (TPSA) is 67.6 Å². The molecule has 3 N–H and O–H groups in total. The van der Waals surface area contributed by atoms with Crippen LogP contribution in [-0.2, 0) is 16.1 Å². The van der Waals surface area contributed by atoms with E-state index in [9.17, 15) is 9.18 Å². The number of carbonyl (C=O) groups excluding carboxylic acids is 1. The van der Waals surface area contributed by atoms with Gasteiger partial charge in [0.25, 0.3) is 0 Å². The van der Waals surface area contributed by atoms with E-state index < -0.39 is 0 Å². The zero-order valence-corrected chi connectivity index (χ0v) is 12.3. The van der Waals surface area contributed by atoms with Crippen LogP contribution in [0.2, 0.25) is 0 Å². The van der Waals surface area contributed by atoms with Gasteiger partial charge in [0.1, 0.15) is 5.82 Å². The molecule has 116 valence electrons. The molecule has 1 heterocycles. The number of carbonyl (C=O) groups is 1. The van der Waals surface area contributed by atoms with Crippen molar-refractivity contribution in [1.29, 1.82) is 0 Å². The zero-order valence-electron chi connectivity index (χ0n) is 12.3. The van der Waals surface area contributed by atoms with Crippen LogP contribution in [0.25, 0.3) is 0 Å². The first-order valence-electron chi connectivity index (χ1n) is 7.14. The Morgan fingerprint density at radius 2 is 2.38 bits per heavy atom. The van der Waals surface area contributed by atoms with E-state index in [1.807, 2.05) is 11.0 Å². The van der Waals surface area contributed by atoms with Gasteiger partial charge in [0, 0.05) is 33.3 Å². The molecule has 0 aliphatic carbocycles. The molecule has 0 aromatic heterocycles. The van der Waals surface area contributed by atoms with E-state index in [0.717, 1.165) is 5.56 Å². The number of hydrogen-bond donors (Lipinski definition) is 2. The fourth-order valence-electron chi connectivity index (χ4n) is 2.65. The summed E-state index contributed by atoms with van der Waals surface area (Å²) < 4.78 is 19.2. The summed E-state index contributed by atoms with van der Waals surface area (Å²) in [6.45, 7) is 3.02. The highest BCUT2D eigenvalue weighted by Gasteiger charge is 2.29. The molecule has 1 unspecified atom stereocenters. The summed E-state index contributed by atoms with van der Waals surface area (Å²) in [5.41, 5.74) is 6.80. The van der Waals surface area contributed by atoms with Gasteiger partial charge in [0.2, 0.25) is 5.91 Å². The minimum Gasteiger partial charge on any atom is -0.383 e. The first-order valence-corrected chi connectivity index (χ1v) is 7.14. The van der Waals surface area contributed by atoms with Gasteiger partial charge in [-0.2, -0.15) is 0 Å². The van der Waals surface area contributed by atoms with Gasteiger partial charge in [-0.3, -0.25) is 4.79 Å². The Kier molecular flexibility index (Phi) is 5.52. The van der Waals surface area contributed by atoms with Crippen molar-refractivity contribution < 1.29 is 13.9 Å². The third-order valence-electron chi connectivity index (χ3n) is 3.78. The number of halogens is 1. The Hall–Kier alpha value is -1.66. The Balaban J connectivity index is 2.09. The smallest absolute Gasteiger partial charge is 0.222 e. The molecule has 1 fully saturated rings. The molecule has 1 amide bonds. The molecule has 1 aromatic rings. The van der Waals surface area contributed by atoms with Crippen molar-refractivity contribution in [3.8, 4) is 0 Å². The van der Waals surface area contributed by atoms with Crippen molar-refractivity contribution in [2.24, 2.45) is 11.7 Å². The quantitative estimate of drug-likeness (QED) is 0.733. The molecule has 6 heteroatoms. The SMILES string of the molecule is COCCNCc1cccc(F)c1N1CCC(C(N)=O)C1. The monoisotopic (exact) mass is 295 g/mol. The van der Waals surface area contributed by atoms with Crippen molar-refractivity contribution in [2.75, 3.05) is 38.3 Å². The van der Waals surface area contributed by atoms with Gasteiger partial charge in [-0.15, -0.1) is 0 Å². The lowest BCUT2D eigenvalue weighted by molar-refractivity contribution is -0.121. The van der Waals surface area contributed by atoms with E-state index in [1.165, 1.54) is 6.07 Å². The highest BCUT2D eigenvalue weighted by Crippen LogP contribution is 2.29. The molecule has 0 saturated carbocycles. The van der Waals surface area contributed by atoms with Crippen molar-refractivity contribution in [3.63, 3.8) is 0 Å². The van der Waals surface area contributed by atoms with Gasteiger partial charge in [0.15, 0.2) is 0 Å². The van der Waals surface area contributed by atoms with Crippen molar-refractivity contribution >= 4 is 11.6 Å². The summed E-state index contributed by atoms with van der Waals surface area (Å²) in [7, 11) is 1.64. The van der Waals surface area contributed by atoms with E-state index in [2.05, 4.69) is 5.32 Å². The summed E-state index contributed by atoms with van der Waals surface area (Å²) in [5, 5.41) is 3.22. The van der Waals surface area contributed by atoms with E-state index in [-0.39, 0.29) is 17.6 Å². The lowest BCUT2D eigenvalue weighted by atomic mass is 10.1. The molecular weight excluding hydrogens is 273 g/mol. The minimum atomic E-state index is -0.311. The number of rotatable bonds is 7. The molecule has 0 radical (unpaired) electrons. The van der Waals surface area contributed by atoms with Crippen LogP contribution in [0.3, 0.4) is 0 Å². The molecule has 1 aliphatic heterocycles. The van der Waals surface area contributed by atoms with Gasteiger partial charge < -0.3 is 20.7 Å². The minimum absolute atomic E-state index is 0.195. The fourth-order valence-corrected chi connectivity index (χ4v) is 2.65. The van der Waals surface area contributed by atoms with E-state index in [0.29, 0.717) is 44.9 Å². The number of nitrogens with two attached hydrogens (primary N) is 1. The Morgan fingerprint density at radius 3 is 3.05 bits per heavy atom. The molecule has 1 aromatic carbocycles. The number of anilines is 1. The van der Waals surface area contributed by atoms with Crippen LogP contribution in [-0.4, -0.2) is 39.3 Å². The van der Waals surface area contributed by atoms with Gasteiger partial charge in [-0.25, -0.2) is 4.39 Å². The summed E-state index contributed by atoms with van der Waals surface area (Å²) in [5.74, 6) is -0.765. The molecule has 5 nitrogen and oxygen atoms in total. The number of nitrogens with one attached hydrogen (secondary N) is 1. The van der Waals surface area contributed by atoms with Crippen LogP contribution in [0.1, 0.15) is 12.0 Å². The second kappa shape index (κ2) is 7.38. The highest BCUT2D eigenvalue weighted by atomic mass is 19.1. The first-order chi connectivity index (χ1) is 10.1. The number of methoxy groups -OCH3 is 1. The number of primary amides is 1. The molecule has 0 bridgehead atoms. The average Bonchev–Trinajstić information content (AvgIpc) is 2.93. The molecule has 0 spiro atoms. The largest absolute Gasteiger partial charge is 0.383 e. The first kappa shape index (κ1) is 15.7. The number of ether oxygens (including phenoxy) is 1. The molecule has 1 saturated heterocycles. The van der Waals surface area contributed by atoms with Crippen LogP contribution in [0.5, 0.6) is 0 Å². The van der Waals surface area contributed by atoms with Crippen molar-refractivity contribution in [3.05, 3.63) is 29.6 Å². The number of nitrogens with zero attached hydrogens (tertiary/aromatic N) is 1. The summed E-state index contributed by atoms with van der Waals surface area (Å²) >= 11 is 0. The maximum Gasteiger partial charge on any atom is 0.222 e. The maximum absolute atomic E-state index is 14.2. The number of benzene rings is 1. The Labute approximate surface area is 124 Å². The number of hydrogen-bond acceptors (Lipinski definition) is 4. The number of amides is 1. The van der Waals surface area contributed by atoms with E-state index in [4.69, 9.17) is 10.5 Å². The average molecular weight is 295 g/mol. The van der Waals surface area contributed by atoms with Gasteiger partial charge in [0.05, 0.1) is 18.2 Å². The van der Waals surface area contributed by atoms with E-state index in [1.54, 1.807) is 13.2 Å². The lowest BCUT2D eigenvalue weighted by Gasteiger charge is -2.22. The van der Waals surface area contributed by atoms with Gasteiger partial charge in [-0.1, -0.05) is 12.1 Å². The van der Waals surface area contributed by atoms with Crippen LogP contribution in [0, 0.1) is 11.7 Å².